The van der Waals surface area contributed by atoms with Gasteiger partial charge in [0.05, 0.1) is 0 Å². The highest BCUT2D eigenvalue weighted by molar-refractivity contribution is 6.19. The first-order valence-corrected chi connectivity index (χ1v) is 17.1. The number of hydrogen-bond acceptors (Lipinski definition) is 4. The van der Waals surface area contributed by atoms with Crippen LogP contribution in [0.2, 0.25) is 0 Å². The Kier molecular flexibility index (Phi) is 6.78. The average Bonchev–Trinajstić information content (AvgIpc) is 3.59. The van der Waals surface area contributed by atoms with Gasteiger partial charge in [-0.3, -0.25) is 0 Å². The Morgan fingerprint density at radius 3 is 1.61 bits per heavy atom. The number of hydrogen-bond donors (Lipinski definition) is 0. The summed E-state index contributed by atoms with van der Waals surface area (Å²) in [6.45, 7) is 0. The molecule has 8 aromatic carbocycles. The van der Waals surface area contributed by atoms with Crippen LogP contribution in [-0.4, -0.2) is 15.0 Å². The molecule has 0 bridgehead atoms. The standard InChI is InChI=1S/C47H29N3O/c1-3-12-32(13-4-1)40-29-42-41-28-37(25-26-43(41)51-44(42)39-18-10-9-17-38(39)40)47-49-45(33-14-5-2-6-15-33)48-46(50-47)34-22-19-31(20-23-34)36-24-21-30-11-7-8-16-35(30)27-36/h1-29H. The van der Waals surface area contributed by atoms with E-state index in [1.165, 1.54) is 27.5 Å². The van der Waals surface area contributed by atoms with Gasteiger partial charge in [0.2, 0.25) is 0 Å². The van der Waals surface area contributed by atoms with Crippen molar-refractivity contribution in [3.63, 3.8) is 0 Å². The van der Waals surface area contributed by atoms with Crippen LogP contribution in [0, 0.1) is 0 Å². The normalized spacial score (nSPS) is 11.5. The van der Waals surface area contributed by atoms with Crippen molar-refractivity contribution in [1.29, 1.82) is 0 Å². The molecule has 0 amide bonds. The third kappa shape index (κ3) is 5.13. The minimum Gasteiger partial charge on any atom is -0.455 e. The Labute approximate surface area is 294 Å². The molecule has 2 aromatic heterocycles. The monoisotopic (exact) mass is 651 g/mol. The molecule has 0 saturated heterocycles. The fourth-order valence-electron chi connectivity index (χ4n) is 7.12. The third-order valence-corrected chi connectivity index (χ3v) is 9.71. The molecule has 4 heteroatoms. The summed E-state index contributed by atoms with van der Waals surface area (Å²) in [6.07, 6.45) is 0. The molecular weight excluding hydrogens is 623 g/mol. The summed E-state index contributed by atoms with van der Waals surface area (Å²) >= 11 is 0. The van der Waals surface area contributed by atoms with Crippen molar-refractivity contribution in [2.75, 3.05) is 0 Å². The van der Waals surface area contributed by atoms with Gasteiger partial charge in [0.15, 0.2) is 17.5 Å². The van der Waals surface area contributed by atoms with Crippen LogP contribution in [0.15, 0.2) is 180 Å². The van der Waals surface area contributed by atoms with E-state index >= 15 is 0 Å². The molecule has 0 unspecified atom stereocenters. The Bertz CT molecular complexity index is 2900. The van der Waals surface area contributed by atoms with Crippen molar-refractivity contribution in [1.82, 2.24) is 15.0 Å². The van der Waals surface area contributed by atoms with Gasteiger partial charge in [-0.2, -0.15) is 0 Å². The van der Waals surface area contributed by atoms with Crippen molar-refractivity contribution < 1.29 is 4.42 Å². The lowest BCUT2D eigenvalue weighted by Crippen LogP contribution is -2.00. The van der Waals surface area contributed by atoms with E-state index in [9.17, 15) is 0 Å². The van der Waals surface area contributed by atoms with Gasteiger partial charge in [-0.15, -0.1) is 0 Å². The van der Waals surface area contributed by atoms with Gasteiger partial charge in [0, 0.05) is 32.8 Å². The summed E-state index contributed by atoms with van der Waals surface area (Å²) in [6, 6.07) is 61.1. The largest absolute Gasteiger partial charge is 0.455 e. The average molecular weight is 652 g/mol. The van der Waals surface area contributed by atoms with Crippen LogP contribution >= 0.6 is 0 Å². The summed E-state index contributed by atoms with van der Waals surface area (Å²) < 4.78 is 6.55. The predicted octanol–water partition coefficient (Wildman–Crippen LogP) is 12.4. The molecular formula is C47H29N3O. The maximum atomic E-state index is 6.55. The molecule has 0 saturated carbocycles. The predicted molar refractivity (Wildman–Crippen MR) is 209 cm³/mol. The van der Waals surface area contributed by atoms with Gasteiger partial charge < -0.3 is 4.42 Å². The molecule has 0 aliphatic carbocycles. The van der Waals surface area contributed by atoms with Crippen molar-refractivity contribution in [2.45, 2.75) is 0 Å². The summed E-state index contributed by atoms with van der Waals surface area (Å²) in [5, 5.41) is 6.79. The molecule has 51 heavy (non-hydrogen) atoms. The Balaban J connectivity index is 1.11. The molecule has 4 nitrogen and oxygen atoms in total. The van der Waals surface area contributed by atoms with Crippen molar-refractivity contribution >= 4 is 43.5 Å². The van der Waals surface area contributed by atoms with E-state index in [-0.39, 0.29) is 0 Å². The second-order valence-corrected chi connectivity index (χ2v) is 12.8. The van der Waals surface area contributed by atoms with Crippen molar-refractivity contribution in [2.24, 2.45) is 0 Å². The summed E-state index contributed by atoms with van der Waals surface area (Å²) in [5.74, 6) is 1.86. The maximum Gasteiger partial charge on any atom is 0.164 e. The molecule has 0 aliphatic rings. The summed E-state index contributed by atoms with van der Waals surface area (Å²) in [4.78, 5) is 15.1. The zero-order valence-corrected chi connectivity index (χ0v) is 27.5. The summed E-state index contributed by atoms with van der Waals surface area (Å²) in [5.41, 5.74) is 9.12. The molecule has 2 heterocycles. The van der Waals surface area contributed by atoms with Gasteiger partial charge in [-0.1, -0.05) is 146 Å². The van der Waals surface area contributed by atoms with Crippen LogP contribution in [0.5, 0.6) is 0 Å². The second-order valence-electron chi connectivity index (χ2n) is 12.8. The quantitative estimate of drug-likeness (QED) is 0.186. The highest BCUT2D eigenvalue weighted by Crippen LogP contribution is 2.41. The molecule has 10 aromatic rings. The fourth-order valence-corrected chi connectivity index (χ4v) is 7.12. The zero-order valence-electron chi connectivity index (χ0n) is 27.5. The van der Waals surface area contributed by atoms with Gasteiger partial charge in [-0.25, -0.2) is 15.0 Å². The van der Waals surface area contributed by atoms with E-state index in [1.54, 1.807) is 0 Å². The lowest BCUT2D eigenvalue weighted by molar-refractivity contribution is 0.672. The molecule has 0 fully saturated rings. The number of fused-ring (bicyclic) bond motifs is 6. The van der Waals surface area contributed by atoms with Gasteiger partial charge in [0.1, 0.15) is 11.2 Å². The Morgan fingerprint density at radius 2 is 0.863 bits per heavy atom. The lowest BCUT2D eigenvalue weighted by atomic mass is 9.95. The topological polar surface area (TPSA) is 51.8 Å². The fraction of sp³-hybridized carbons (Fsp3) is 0. The number of rotatable bonds is 5. The minimum absolute atomic E-state index is 0.609. The third-order valence-electron chi connectivity index (χ3n) is 9.71. The van der Waals surface area contributed by atoms with Crippen LogP contribution in [0.25, 0.3) is 99.9 Å². The highest BCUT2D eigenvalue weighted by Gasteiger charge is 2.18. The van der Waals surface area contributed by atoms with E-state index in [4.69, 9.17) is 19.4 Å². The van der Waals surface area contributed by atoms with Crippen molar-refractivity contribution in [3.05, 3.63) is 176 Å². The Morgan fingerprint density at radius 1 is 0.314 bits per heavy atom. The maximum absolute atomic E-state index is 6.55. The first kappa shape index (κ1) is 29.0. The zero-order chi connectivity index (χ0) is 33.7. The first-order chi connectivity index (χ1) is 25.2. The number of nitrogens with zero attached hydrogens (tertiary/aromatic N) is 3. The van der Waals surface area contributed by atoms with E-state index < -0.39 is 0 Å². The molecule has 0 radical (unpaired) electrons. The van der Waals surface area contributed by atoms with Gasteiger partial charge >= 0.3 is 0 Å². The van der Waals surface area contributed by atoms with Crippen LogP contribution < -0.4 is 0 Å². The molecule has 238 valence electrons. The number of furan rings is 1. The molecule has 0 spiro atoms. The van der Waals surface area contributed by atoms with E-state index in [2.05, 4.69) is 133 Å². The summed E-state index contributed by atoms with van der Waals surface area (Å²) in [7, 11) is 0. The van der Waals surface area contributed by atoms with Crippen LogP contribution in [0.4, 0.5) is 0 Å². The molecule has 0 atom stereocenters. The van der Waals surface area contributed by atoms with Gasteiger partial charge in [-0.05, 0) is 68.7 Å². The number of aromatic nitrogens is 3. The second kappa shape index (κ2) is 11.9. The van der Waals surface area contributed by atoms with Gasteiger partial charge in [0.25, 0.3) is 0 Å². The number of benzene rings is 8. The van der Waals surface area contributed by atoms with E-state index in [0.29, 0.717) is 17.5 Å². The SMILES string of the molecule is c1ccc(-c2nc(-c3ccc(-c4ccc5ccccc5c4)cc3)nc(-c3ccc4oc5c6ccccc6c(-c6ccccc6)cc5c4c3)n2)cc1. The molecule has 10 rings (SSSR count). The smallest absolute Gasteiger partial charge is 0.164 e. The molecule has 0 aliphatic heterocycles. The van der Waals surface area contributed by atoms with Crippen LogP contribution in [0.1, 0.15) is 0 Å². The minimum atomic E-state index is 0.609. The first-order valence-electron chi connectivity index (χ1n) is 17.1. The van der Waals surface area contributed by atoms with E-state index in [0.717, 1.165) is 55.0 Å². The van der Waals surface area contributed by atoms with Crippen molar-refractivity contribution in [3.8, 4) is 56.4 Å². The van der Waals surface area contributed by atoms with E-state index in [1.807, 2.05) is 42.5 Å². The Hall–Kier alpha value is -6.91. The lowest BCUT2D eigenvalue weighted by Gasteiger charge is -2.10. The highest BCUT2D eigenvalue weighted by atomic mass is 16.3. The van der Waals surface area contributed by atoms with Crippen LogP contribution in [-0.2, 0) is 0 Å². The van der Waals surface area contributed by atoms with Crippen LogP contribution in [0.3, 0.4) is 0 Å². The molecule has 0 N–H and O–H groups in total.